The first-order valence-corrected chi connectivity index (χ1v) is 8.96. The molecule has 0 bridgehead atoms. The molecule has 1 aliphatic heterocycles. The Kier molecular flexibility index (Phi) is 4.59. The molecule has 0 saturated heterocycles. The quantitative estimate of drug-likeness (QED) is 0.906. The first-order chi connectivity index (χ1) is 12.2. The van der Waals surface area contributed by atoms with Crippen molar-refractivity contribution in [2.75, 3.05) is 6.61 Å². The van der Waals surface area contributed by atoms with Gasteiger partial charge in [-0.05, 0) is 36.3 Å². The molecule has 2 atom stereocenters. The Morgan fingerprint density at radius 3 is 2.60 bits per heavy atom. The van der Waals surface area contributed by atoms with E-state index in [4.69, 9.17) is 14.9 Å². The number of hydrogen-bond donors (Lipinski definition) is 1. The van der Waals surface area contributed by atoms with Crippen LogP contribution in [0.25, 0.3) is 0 Å². The van der Waals surface area contributed by atoms with Crippen molar-refractivity contribution in [2.24, 2.45) is 11.7 Å². The summed E-state index contributed by atoms with van der Waals surface area (Å²) in [7, 11) is 0. The van der Waals surface area contributed by atoms with Gasteiger partial charge in [0.15, 0.2) is 0 Å². The number of hydrogen-bond acceptors (Lipinski definition) is 5. The zero-order valence-corrected chi connectivity index (χ0v) is 14.3. The van der Waals surface area contributed by atoms with Crippen LogP contribution in [0.2, 0.25) is 0 Å². The van der Waals surface area contributed by atoms with E-state index < -0.39 is 0 Å². The molecule has 1 aromatic carbocycles. The zero-order chi connectivity index (χ0) is 17.2. The SMILES string of the molecule is N[C@@H]1CC[C@H](COc2coc(CN3Cc4ccccc4C3)cc2=O)C1. The van der Waals surface area contributed by atoms with Crippen LogP contribution in [0.4, 0.5) is 0 Å². The van der Waals surface area contributed by atoms with Crippen molar-refractivity contribution in [3.63, 3.8) is 0 Å². The Balaban J connectivity index is 1.35. The highest BCUT2D eigenvalue weighted by molar-refractivity contribution is 5.30. The van der Waals surface area contributed by atoms with E-state index in [1.807, 2.05) is 0 Å². The van der Waals surface area contributed by atoms with Crippen LogP contribution in [0.15, 0.2) is 45.8 Å². The summed E-state index contributed by atoms with van der Waals surface area (Å²) in [5, 5.41) is 0. The first-order valence-electron chi connectivity index (χ1n) is 8.96. The van der Waals surface area contributed by atoms with Crippen LogP contribution < -0.4 is 15.9 Å². The molecular formula is C20H24N2O3. The third-order valence-corrected chi connectivity index (χ3v) is 5.19. The fourth-order valence-electron chi connectivity index (χ4n) is 3.84. The summed E-state index contributed by atoms with van der Waals surface area (Å²) < 4.78 is 11.3. The topological polar surface area (TPSA) is 68.7 Å². The molecule has 1 aromatic heterocycles. The average Bonchev–Trinajstić information content (AvgIpc) is 3.19. The third-order valence-electron chi connectivity index (χ3n) is 5.19. The van der Waals surface area contributed by atoms with E-state index in [0.717, 1.165) is 32.4 Å². The van der Waals surface area contributed by atoms with Crippen molar-refractivity contribution < 1.29 is 9.15 Å². The van der Waals surface area contributed by atoms with Crippen LogP contribution in [0.5, 0.6) is 5.75 Å². The summed E-state index contributed by atoms with van der Waals surface area (Å²) in [6, 6.07) is 10.3. The summed E-state index contributed by atoms with van der Waals surface area (Å²) in [5.41, 5.74) is 8.50. The maximum absolute atomic E-state index is 12.3. The summed E-state index contributed by atoms with van der Waals surface area (Å²) in [6.45, 7) is 2.95. The zero-order valence-electron chi connectivity index (χ0n) is 14.3. The second kappa shape index (κ2) is 7.02. The van der Waals surface area contributed by atoms with E-state index in [1.165, 1.54) is 17.4 Å². The minimum absolute atomic E-state index is 0.111. The van der Waals surface area contributed by atoms with Crippen LogP contribution in [-0.2, 0) is 19.6 Å². The largest absolute Gasteiger partial charge is 0.486 e. The fourth-order valence-corrected chi connectivity index (χ4v) is 3.84. The molecule has 2 heterocycles. The lowest BCUT2D eigenvalue weighted by molar-refractivity contribution is 0.229. The Hall–Kier alpha value is -2.11. The van der Waals surface area contributed by atoms with Crippen LogP contribution in [0, 0.1) is 5.92 Å². The standard InChI is InChI=1S/C20H24N2O3/c21-17-6-5-14(7-17)12-25-20-13-24-18(8-19(20)23)11-22-9-15-3-1-2-4-16(15)10-22/h1-4,8,13-14,17H,5-7,9-12,21H2/t14-,17+/m0/s1. The number of fused-ring (bicyclic) bond motifs is 1. The molecule has 1 fully saturated rings. The summed E-state index contributed by atoms with van der Waals surface area (Å²) in [6.07, 6.45) is 4.54. The van der Waals surface area contributed by atoms with Crippen molar-refractivity contribution in [3.05, 3.63) is 63.7 Å². The maximum Gasteiger partial charge on any atom is 0.227 e. The van der Waals surface area contributed by atoms with E-state index in [9.17, 15) is 4.79 Å². The van der Waals surface area contributed by atoms with Gasteiger partial charge in [-0.3, -0.25) is 9.69 Å². The lowest BCUT2D eigenvalue weighted by Gasteiger charge is -2.14. The predicted molar refractivity (Wildman–Crippen MR) is 95.2 cm³/mol. The van der Waals surface area contributed by atoms with Crippen LogP contribution >= 0.6 is 0 Å². The highest BCUT2D eigenvalue weighted by atomic mass is 16.5. The van der Waals surface area contributed by atoms with Gasteiger partial charge in [0.05, 0.1) is 13.2 Å². The van der Waals surface area contributed by atoms with E-state index >= 15 is 0 Å². The summed E-state index contributed by atoms with van der Waals surface area (Å²) >= 11 is 0. The highest BCUT2D eigenvalue weighted by Gasteiger charge is 2.23. The van der Waals surface area contributed by atoms with E-state index in [2.05, 4.69) is 29.2 Å². The van der Waals surface area contributed by atoms with Gasteiger partial charge in [0, 0.05) is 25.2 Å². The molecule has 0 radical (unpaired) electrons. The van der Waals surface area contributed by atoms with Gasteiger partial charge in [0.1, 0.15) is 12.0 Å². The van der Waals surface area contributed by atoms with Gasteiger partial charge in [0.25, 0.3) is 0 Å². The number of nitrogens with zero attached hydrogens (tertiary/aromatic N) is 1. The monoisotopic (exact) mass is 340 g/mol. The van der Waals surface area contributed by atoms with Crippen LogP contribution in [0.3, 0.4) is 0 Å². The Morgan fingerprint density at radius 2 is 1.96 bits per heavy atom. The molecule has 5 heteroatoms. The molecule has 2 aliphatic rings. The summed E-state index contributed by atoms with van der Waals surface area (Å²) in [4.78, 5) is 14.5. The predicted octanol–water partition coefficient (Wildman–Crippen LogP) is 2.66. The number of rotatable bonds is 5. The summed E-state index contributed by atoms with van der Waals surface area (Å²) in [5.74, 6) is 1.42. The molecule has 0 amide bonds. The van der Waals surface area contributed by atoms with E-state index in [1.54, 1.807) is 6.07 Å². The molecular weight excluding hydrogens is 316 g/mol. The van der Waals surface area contributed by atoms with Crippen molar-refractivity contribution in [2.45, 2.75) is 44.9 Å². The molecule has 1 saturated carbocycles. The lowest BCUT2D eigenvalue weighted by Crippen LogP contribution is -2.19. The Bertz CT molecular complexity index is 777. The van der Waals surface area contributed by atoms with Crippen LogP contribution in [-0.4, -0.2) is 17.5 Å². The van der Waals surface area contributed by atoms with Gasteiger partial charge in [-0.25, -0.2) is 0 Å². The normalized spacial score (nSPS) is 22.9. The minimum atomic E-state index is -0.111. The molecule has 4 rings (SSSR count). The van der Waals surface area contributed by atoms with Gasteiger partial charge in [0.2, 0.25) is 11.2 Å². The van der Waals surface area contributed by atoms with Gasteiger partial charge in [-0.2, -0.15) is 0 Å². The minimum Gasteiger partial charge on any atom is -0.486 e. The molecule has 0 unspecified atom stereocenters. The van der Waals surface area contributed by atoms with Crippen molar-refractivity contribution in [1.29, 1.82) is 0 Å². The van der Waals surface area contributed by atoms with E-state index in [0.29, 0.717) is 30.6 Å². The molecule has 2 aromatic rings. The molecule has 132 valence electrons. The molecule has 25 heavy (non-hydrogen) atoms. The average molecular weight is 340 g/mol. The second-order valence-electron chi connectivity index (χ2n) is 7.24. The smallest absolute Gasteiger partial charge is 0.227 e. The van der Waals surface area contributed by atoms with Crippen molar-refractivity contribution in [1.82, 2.24) is 4.90 Å². The second-order valence-corrected chi connectivity index (χ2v) is 7.24. The van der Waals surface area contributed by atoms with Crippen molar-refractivity contribution in [3.8, 4) is 5.75 Å². The number of benzene rings is 1. The van der Waals surface area contributed by atoms with Gasteiger partial charge < -0.3 is 14.9 Å². The number of nitrogens with two attached hydrogens (primary N) is 1. The molecule has 0 spiro atoms. The number of ether oxygens (including phenoxy) is 1. The molecule has 5 nitrogen and oxygen atoms in total. The highest BCUT2D eigenvalue weighted by Crippen LogP contribution is 2.25. The van der Waals surface area contributed by atoms with E-state index in [-0.39, 0.29) is 11.5 Å². The molecule has 2 N–H and O–H groups in total. The van der Waals surface area contributed by atoms with Crippen LogP contribution in [0.1, 0.15) is 36.1 Å². The van der Waals surface area contributed by atoms with Gasteiger partial charge in [-0.15, -0.1) is 0 Å². The first kappa shape index (κ1) is 16.4. The Morgan fingerprint density at radius 1 is 1.20 bits per heavy atom. The Labute approximate surface area is 147 Å². The third kappa shape index (κ3) is 3.78. The fraction of sp³-hybridized carbons (Fsp3) is 0.450. The van der Waals surface area contributed by atoms with Crippen molar-refractivity contribution >= 4 is 0 Å². The van der Waals surface area contributed by atoms with Gasteiger partial charge in [-0.1, -0.05) is 24.3 Å². The maximum atomic E-state index is 12.3. The van der Waals surface area contributed by atoms with Gasteiger partial charge >= 0.3 is 0 Å². The lowest BCUT2D eigenvalue weighted by atomic mass is 10.1. The molecule has 1 aliphatic carbocycles.